The number of nitriles is 1. The lowest BCUT2D eigenvalue weighted by atomic mass is 10.0. The minimum absolute atomic E-state index is 0.0964. The molecule has 0 saturated heterocycles. The van der Waals surface area contributed by atoms with Gasteiger partial charge in [-0.05, 0) is 35.9 Å². The molecule has 2 aromatic carbocycles. The number of carbonyl (C=O) groups excluding carboxylic acids is 1. The summed E-state index contributed by atoms with van der Waals surface area (Å²) in [7, 11) is 0. The highest BCUT2D eigenvalue weighted by Gasteiger charge is 2.19. The summed E-state index contributed by atoms with van der Waals surface area (Å²) in [5, 5.41) is 11.7. The van der Waals surface area contributed by atoms with E-state index in [0.29, 0.717) is 5.69 Å². The minimum Gasteiger partial charge on any atom is -0.340 e. The predicted molar refractivity (Wildman–Crippen MR) is 91.1 cm³/mol. The van der Waals surface area contributed by atoms with Crippen molar-refractivity contribution in [3.63, 3.8) is 0 Å². The highest BCUT2D eigenvalue weighted by Crippen LogP contribution is 2.21. The number of nitrogens with zero attached hydrogens (tertiary/aromatic N) is 2. The summed E-state index contributed by atoms with van der Waals surface area (Å²) in [5.74, 6) is -1.16. The van der Waals surface area contributed by atoms with E-state index in [-0.39, 0.29) is 11.1 Å². The van der Waals surface area contributed by atoms with Crippen LogP contribution in [0.25, 0.3) is 0 Å². The zero-order chi connectivity index (χ0) is 17.6. The molecule has 1 N–H and O–H groups in total. The smallest absolute Gasteiger partial charge is 0.252 e. The van der Waals surface area contributed by atoms with Gasteiger partial charge in [0, 0.05) is 11.8 Å². The fraction of sp³-hybridized carbons (Fsp3) is 0.0500. The number of rotatable bonds is 4. The Kier molecular flexibility index (Phi) is 4.82. The molecule has 1 atom stereocenters. The Morgan fingerprint density at radius 2 is 1.84 bits per heavy atom. The summed E-state index contributed by atoms with van der Waals surface area (Å²) in [6, 6.07) is 19.9. The number of hydrogen-bond donors (Lipinski definition) is 1. The number of hydrogen-bond acceptors (Lipinski definition) is 3. The molecular formula is C20H14FN3O. The van der Waals surface area contributed by atoms with Crippen molar-refractivity contribution in [2.75, 3.05) is 0 Å². The van der Waals surface area contributed by atoms with Crippen molar-refractivity contribution in [2.24, 2.45) is 0 Å². The van der Waals surface area contributed by atoms with E-state index in [9.17, 15) is 9.18 Å². The molecule has 5 heteroatoms. The number of benzene rings is 2. The average molecular weight is 331 g/mol. The van der Waals surface area contributed by atoms with Gasteiger partial charge in [0.15, 0.2) is 0 Å². The number of nitrogens with one attached hydrogen (secondary N) is 1. The van der Waals surface area contributed by atoms with Crippen LogP contribution in [0.3, 0.4) is 0 Å². The molecule has 0 aliphatic carbocycles. The molecule has 3 aromatic rings. The molecule has 1 amide bonds. The Balaban J connectivity index is 1.92. The Morgan fingerprint density at radius 3 is 2.48 bits per heavy atom. The molecule has 1 unspecified atom stereocenters. The number of carbonyl (C=O) groups is 1. The number of amides is 1. The second-order valence-electron chi connectivity index (χ2n) is 5.38. The molecule has 0 spiro atoms. The van der Waals surface area contributed by atoms with Gasteiger partial charge in [0.25, 0.3) is 5.91 Å². The van der Waals surface area contributed by atoms with Crippen LogP contribution in [0.2, 0.25) is 0 Å². The summed E-state index contributed by atoms with van der Waals surface area (Å²) < 4.78 is 13.8. The molecule has 122 valence electrons. The van der Waals surface area contributed by atoms with Crippen LogP contribution in [-0.2, 0) is 0 Å². The van der Waals surface area contributed by atoms with Crippen LogP contribution in [0.1, 0.15) is 33.2 Å². The van der Waals surface area contributed by atoms with Crippen LogP contribution in [0.5, 0.6) is 0 Å². The SMILES string of the molecule is N#Cc1ccc(C(=O)NC(c2ccccc2)c2ccccn2)cc1F. The van der Waals surface area contributed by atoms with E-state index in [1.165, 1.54) is 12.1 Å². The first-order valence-electron chi connectivity index (χ1n) is 7.65. The van der Waals surface area contributed by atoms with Crippen LogP contribution in [-0.4, -0.2) is 10.9 Å². The standard InChI is InChI=1S/C20H14FN3O/c21-17-12-15(9-10-16(17)13-22)20(25)24-19(14-6-2-1-3-7-14)18-8-4-5-11-23-18/h1-12,19H,(H,24,25). The topological polar surface area (TPSA) is 65.8 Å². The first kappa shape index (κ1) is 16.3. The van der Waals surface area contributed by atoms with Gasteiger partial charge < -0.3 is 5.32 Å². The Hall–Kier alpha value is -3.52. The van der Waals surface area contributed by atoms with Gasteiger partial charge in [-0.15, -0.1) is 0 Å². The molecule has 0 aliphatic heterocycles. The molecule has 4 nitrogen and oxygen atoms in total. The third-order valence-corrected chi connectivity index (χ3v) is 3.74. The van der Waals surface area contributed by atoms with Gasteiger partial charge in [-0.2, -0.15) is 5.26 Å². The van der Waals surface area contributed by atoms with Gasteiger partial charge in [-0.3, -0.25) is 9.78 Å². The van der Waals surface area contributed by atoms with Crippen molar-refractivity contribution >= 4 is 5.91 Å². The predicted octanol–water partition coefficient (Wildman–Crippen LogP) is 3.61. The summed E-state index contributed by atoms with van der Waals surface area (Å²) in [6.45, 7) is 0. The van der Waals surface area contributed by atoms with Gasteiger partial charge in [-0.25, -0.2) is 4.39 Å². The maximum Gasteiger partial charge on any atom is 0.252 e. The zero-order valence-corrected chi connectivity index (χ0v) is 13.2. The molecule has 0 fully saturated rings. The maximum absolute atomic E-state index is 13.8. The summed E-state index contributed by atoms with van der Waals surface area (Å²) in [6.07, 6.45) is 1.65. The van der Waals surface area contributed by atoms with Crippen LogP contribution in [0, 0.1) is 17.1 Å². The van der Waals surface area contributed by atoms with E-state index in [1.807, 2.05) is 42.5 Å². The third-order valence-electron chi connectivity index (χ3n) is 3.74. The van der Waals surface area contributed by atoms with Crippen LogP contribution < -0.4 is 5.32 Å². The maximum atomic E-state index is 13.8. The molecule has 0 bridgehead atoms. The lowest BCUT2D eigenvalue weighted by Crippen LogP contribution is -2.30. The summed E-state index contributed by atoms with van der Waals surface area (Å²) in [4.78, 5) is 16.9. The van der Waals surface area contributed by atoms with Gasteiger partial charge in [0.2, 0.25) is 0 Å². The van der Waals surface area contributed by atoms with Crippen molar-refractivity contribution in [2.45, 2.75) is 6.04 Å². The fourth-order valence-electron chi connectivity index (χ4n) is 2.48. The minimum atomic E-state index is -0.718. The molecule has 0 saturated carbocycles. The lowest BCUT2D eigenvalue weighted by molar-refractivity contribution is 0.0942. The first-order chi connectivity index (χ1) is 12.2. The van der Waals surface area contributed by atoms with Crippen molar-refractivity contribution < 1.29 is 9.18 Å². The van der Waals surface area contributed by atoms with E-state index in [2.05, 4.69) is 10.3 Å². The van der Waals surface area contributed by atoms with E-state index in [4.69, 9.17) is 5.26 Å². The normalized spacial score (nSPS) is 11.4. The molecule has 0 radical (unpaired) electrons. The molecule has 0 aliphatic rings. The fourth-order valence-corrected chi connectivity index (χ4v) is 2.48. The van der Waals surface area contributed by atoms with Crippen LogP contribution in [0.15, 0.2) is 72.9 Å². The molecule has 25 heavy (non-hydrogen) atoms. The highest BCUT2D eigenvalue weighted by atomic mass is 19.1. The second-order valence-corrected chi connectivity index (χ2v) is 5.38. The van der Waals surface area contributed by atoms with Crippen molar-refractivity contribution in [3.8, 4) is 6.07 Å². The van der Waals surface area contributed by atoms with Gasteiger partial charge >= 0.3 is 0 Å². The van der Waals surface area contributed by atoms with Crippen molar-refractivity contribution in [1.29, 1.82) is 5.26 Å². The zero-order valence-electron chi connectivity index (χ0n) is 13.2. The molecule has 1 aromatic heterocycles. The van der Waals surface area contributed by atoms with E-state index in [1.54, 1.807) is 18.3 Å². The first-order valence-corrected chi connectivity index (χ1v) is 7.65. The van der Waals surface area contributed by atoms with E-state index >= 15 is 0 Å². The quantitative estimate of drug-likeness (QED) is 0.794. The Labute approximate surface area is 144 Å². The lowest BCUT2D eigenvalue weighted by Gasteiger charge is -2.19. The largest absolute Gasteiger partial charge is 0.340 e. The Bertz CT molecular complexity index is 881. The second kappa shape index (κ2) is 7.37. The monoisotopic (exact) mass is 331 g/mol. The molecular weight excluding hydrogens is 317 g/mol. The average Bonchev–Trinajstić information content (AvgIpc) is 2.67. The van der Waals surface area contributed by atoms with E-state index < -0.39 is 17.8 Å². The molecule has 3 rings (SSSR count). The third kappa shape index (κ3) is 3.70. The van der Waals surface area contributed by atoms with Gasteiger partial charge in [0.1, 0.15) is 11.9 Å². The van der Waals surface area contributed by atoms with E-state index in [0.717, 1.165) is 11.6 Å². The van der Waals surface area contributed by atoms with Crippen LogP contribution in [0.4, 0.5) is 4.39 Å². The number of halogens is 1. The van der Waals surface area contributed by atoms with Gasteiger partial charge in [0.05, 0.1) is 17.3 Å². The number of pyridine rings is 1. The van der Waals surface area contributed by atoms with Crippen LogP contribution >= 0.6 is 0 Å². The summed E-state index contributed by atoms with van der Waals surface area (Å²) in [5.41, 5.74) is 1.59. The van der Waals surface area contributed by atoms with Gasteiger partial charge in [-0.1, -0.05) is 36.4 Å². The van der Waals surface area contributed by atoms with Crippen molar-refractivity contribution in [1.82, 2.24) is 10.3 Å². The van der Waals surface area contributed by atoms with Crippen molar-refractivity contribution in [3.05, 3.63) is 101 Å². The summed E-state index contributed by atoms with van der Waals surface area (Å²) >= 11 is 0. The highest BCUT2D eigenvalue weighted by molar-refractivity contribution is 5.94. The Morgan fingerprint density at radius 1 is 1.08 bits per heavy atom. The molecule has 1 heterocycles. The number of aromatic nitrogens is 1.